The molecule has 0 aliphatic carbocycles. The molecule has 0 spiro atoms. The lowest BCUT2D eigenvalue weighted by atomic mass is 9.98. The standard InChI is InChI=1S/C22H21FN2O6S/c23-14-8-6-12(7-9-14)15-11-32-22(24-20(30)13-4-2-1-3-5-13)25(15)21-19(29)18(28)17(27)16(10-26)31-21/h1-9,11,16-19,21,26-29H,10H2/t16-,17-,18+,19-,21-/m1/s1. The summed E-state index contributed by atoms with van der Waals surface area (Å²) < 4.78 is 20.6. The maximum absolute atomic E-state index is 13.5. The minimum atomic E-state index is -1.61. The third-order valence-corrected chi connectivity index (χ3v) is 6.06. The van der Waals surface area contributed by atoms with Gasteiger partial charge >= 0.3 is 0 Å². The second-order valence-corrected chi connectivity index (χ2v) is 8.12. The number of ether oxygens (including phenoxy) is 1. The first-order chi connectivity index (χ1) is 15.4. The summed E-state index contributed by atoms with van der Waals surface area (Å²) >= 11 is 1.09. The Balaban J connectivity index is 1.86. The number of benzene rings is 2. The summed E-state index contributed by atoms with van der Waals surface area (Å²) in [6, 6.07) is 13.9. The van der Waals surface area contributed by atoms with Crippen LogP contribution in [0.25, 0.3) is 11.3 Å². The van der Waals surface area contributed by atoms with Gasteiger partial charge < -0.3 is 25.2 Å². The Morgan fingerprint density at radius 2 is 1.72 bits per heavy atom. The third-order valence-electron chi connectivity index (χ3n) is 5.22. The van der Waals surface area contributed by atoms with Gasteiger partial charge in [0.25, 0.3) is 5.91 Å². The van der Waals surface area contributed by atoms with E-state index in [1.165, 1.54) is 28.8 Å². The van der Waals surface area contributed by atoms with E-state index in [0.717, 1.165) is 11.3 Å². The number of amides is 1. The number of hydrogen-bond acceptors (Lipinski definition) is 7. The van der Waals surface area contributed by atoms with Gasteiger partial charge in [-0.15, -0.1) is 11.3 Å². The zero-order chi connectivity index (χ0) is 22.8. The van der Waals surface area contributed by atoms with Gasteiger partial charge in [-0.1, -0.05) is 18.2 Å². The number of rotatable bonds is 4. The first kappa shape index (κ1) is 22.5. The molecule has 5 atom stereocenters. The molecule has 4 rings (SSSR count). The van der Waals surface area contributed by atoms with Crippen LogP contribution in [0.5, 0.6) is 0 Å². The Morgan fingerprint density at radius 1 is 1.03 bits per heavy atom. The summed E-state index contributed by atoms with van der Waals surface area (Å²) in [5.74, 6) is -0.969. The molecule has 1 saturated heterocycles. The zero-order valence-corrected chi connectivity index (χ0v) is 17.5. The Kier molecular flexibility index (Phi) is 6.60. The van der Waals surface area contributed by atoms with Crippen molar-refractivity contribution in [3.63, 3.8) is 0 Å². The highest BCUT2D eigenvalue weighted by atomic mass is 32.1. The van der Waals surface area contributed by atoms with Crippen LogP contribution in [0.15, 0.2) is 65.0 Å². The molecule has 3 aromatic rings. The summed E-state index contributed by atoms with van der Waals surface area (Å²) in [6.07, 6.45) is -7.17. The average Bonchev–Trinajstić information content (AvgIpc) is 3.22. The lowest BCUT2D eigenvalue weighted by Crippen LogP contribution is -2.57. The highest BCUT2D eigenvalue weighted by Crippen LogP contribution is 2.32. The molecule has 10 heteroatoms. The van der Waals surface area contributed by atoms with Gasteiger partial charge in [0.05, 0.1) is 12.3 Å². The van der Waals surface area contributed by atoms with Crippen molar-refractivity contribution in [3.8, 4) is 11.3 Å². The number of carbonyl (C=O) groups is 1. The van der Waals surface area contributed by atoms with Crippen LogP contribution in [-0.2, 0) is 4.74 Å². The fraction of sp³-hybridized carbons (Fsp3) is 0.273. The van der Waals surface area contributed by atoms with Crippen LogP contribution in [0.4, 0.5) is 4.39 Å². The van der Waals surface area contributed by atoms with Gasteiger partial charge in [0.2, 0.25) is 0 Å². The fourth-order valence-corrected chi connectivity index (χ4v) is 4.42. The van der Waals surface area contributed by atoms with E-state index in [1.807, 2.05) is 0 Å². The molecule has 0 radical (unpaired) electrons. The molecule has 8 nitrogen and oxygen atoms in total. The molecule has 1 aliphatic heterocycles. The first-order valence-corrected chi connectivity index (χ1v) is 10.7. The minimum absolute atomic E-state index is 0.155. The van der Waals surface area contributed by atoms with Gasteiger partial charge in [0.15, 0.2) is 11.0 Å². The molecule has 1 aliphatic rings. The third kappa shape index (κ3) is 4.29. The molecule has 0 saturated carbocycles. The normalized spacial score (nSPS) is 26.3. The number of nitrogens with zero attached hydrogens (tertiary/aromatic N) is 2. The SMILES string of the molecule is O=C(N=c1scc(-c2ccc(F)cc2)n1[C@@H]1O[C@H](CO)[C@@H](O)[C@H](O)[C@H]1O)c1ccccc1. The molecule has 32 heavy (non-hydrogen) atoms. The topological polar surface area (TPSA) is 125 Å². The van der Waals surface area contributed by atoms with E-state index in [0.29, 0.717) is 16.8 Å². The van der Waals surface area contributed by atoms with Gasteiger partial charge in [-0.05, 0) is 42.0 Å². The lowest BCUT2D eigenvalue weighted by molar-refractivity contribution is -0.251. The molecule has 1 fully saturated rings. The van der Waals surface area contributed by atoms with Crippen LogP contribution in [0, 0.1) is 5.82 Å². The van der Waals surface area contributed by atoms with E-state index < -0.39 is 49.0 Å². The van der Waals surface area contributed by atoms with Crippen molar-refractivity contribution in [3.05, 3.63) is 76.2 Å². The largest absolute Gasteiger partial charge is 0.394 e. The molecule has 2 heterocycles. The smallest absolute Gasteiger partial charge is 0.279 e. The number of halogens is 1. The van der Waals surface area contributed by atoms with E-state index in [2.05, 4.69) is 4.99 Å². The van der Waals surface area contributed by atoms with Gasteiger partial charge in [0, 0.05) is 10.9 Å². The highest BCUT2D eigenvalue weighted by Gasteiger charge is 2.45. The number of aromatic nitrogens is 1. The Labute approximate surface area is 186 Å². The number of hydrogen-bond donors (Lipinski definition) is 4. The van der Waals surface area contributed by atoms with Crippen LogP contribution in [0.3, 0.4) is 0 Å². The van der Waals surface area contributed by atoms with Gasteiger partial charge in [-0.2, -0.15) is 4.99 Å². The molecule has 168 valence electrons. The van der Waals surface area contributed by atoms with Crippen LogP contribution < -0.4 is 4.80 Å². The monoisotopic (exact) mass is 460 g/mol. The predicted octanol–water partition coefficient (Wildman–Crippen LogP) is 1.07. The van der Waals surface area contributed by atoms with Gasteiger partial charge in [0.1, 0.15) is 30.2 Å². The van der Waals surface area contributed by atoms with E-state index in [1.54, 1.807) is 35.7 Å². The van der Waals surface area contributed by atoms with Crippen molar-refractivity contribution < 1.29 is 34.3 Å². The molecule has 0 bridgehead atoms. The van der Waals surface area contributed by atoms with Crippen molar-refractivity contribution in [2.75, 3.05) is 6.61 Å². The number of carbonyl (C=O) groups excluding carboxylic acids is 1. The molecule has 4 N–H and O–H groups in total. The molecule has 2 aromatic carbocycles. The fourth-order valence-electron chi connectivity index (χ4n) is 3.51. The zero-order valence-electron chi connectivity index (χ0n) is 16.7. The van der Waals surface area contributed by atoms with Crippen molar-refractivity contribution in [1.82, 2.24) is 4.57 Å². The number of aliphatic hydroxyl groups is 4. The van der Waals surface area contributed by atoms with E-state index in [-0.39, 0.29) is 4.80 Å². The van der Waals surface area contributed by atoms with Crippen molar-refractivity contribution in [1.29, 1.82) is 0 Å². The quantitative estimate of drug-likeness (QED) is 0.462. The Morgan fingerprint density at radius 3 is 2.38 bits per heavy atom. The summed E-state index contributed by atoms with van der Waals surface area (Å²) in [5, 5.41) is 42.3. The van der Waals surface area contributed by atoms with Gasteiger partial charge in [-0.3, -0.25) is 9.36 Å². The van der Waals surface area contributed by atoms with Crippen molar-refractivity contribution >= 4 is 17.2 Å². The van der Waals surface area contributed by atoms with E-state index >= 15 is 0 Å². The summed E-state index contributed by atoms with van der Waals surface area (Å²) in [7, 11) is 0. The molecule has 1 amide bonds. The average molecular weight is 460 g/mol. The molecule has 0 unspecified atom stereocenters. The summed E-state index contributed by atoms with van der Waals surface area (Å²) in [5.41, 5.74) is 1.34. The van der Waals surface area contributed by atoms with Crippen LogP contribution >= 0.6 is 11.3 Å². The lowest BCUT2D eigenvalue weighted by Gasteiger charge is -2.40. The maximum atomic E-state index is 13.5. The van der Waals surface area contributed by atoms with E-state index in [9.17, 15) is 29.6 Å². The number of thiazole rings is 1. The van der Waals surface area contributed by atoms with Crippen LogP contribution in [0.1, 0.15) is 16.6 Å². The summed E-state index contributed by atoms with van der Waals surface area (Å²) in [4.78, 5) is 17.0. The minimum Gasteiger partial charge on any atom is -0.394 e. The van der Waals surface area contributed by atoms with Crippen molar-refractivity contribution in [2.24, 2.45) is 4.99 Å². The van der Waals surface area contributed by atoms with E-state index in [4.69, 9.17) is 4.74 Å². The molecular weight excluding hydrogens is 439 g/mol. The Bertz CT molecular complexity index is 1150. The predicted molar refractivity (Wildman–Crippen MR) is 113 cm³/mol. The van der Waals surface area contributed by atoms with Crippen molar-refractivity contribution in [2.45, 2.75) is 30.6 Å². The second kappa shape index (κ2) is 9.41. The maximum Gasteiger partial charge on any atom is 0.279 e. The highest BCUT2D eigenvalue weighted by molar-refractivity contribution is 7.07. The Hall–Kier alpha value is -2.73. The van der Waals surface area contributed by atoms with Crippen LogP contribution in [0.2, 0.25) is 0 Å². The van der Waals surface area contributed by atoms with Gasteiger partial charge in [-0.25, -0.2) is 4.39 Å². The van der Waals surface area contributed by atoms with Crippen LogP contribution in [-0.4, -0.2) is 61.9 Å². The molecule has 1 aromatic heterocycles. The second-order valence-electron chi connectivity index (χ2n) is 7.28. The first-order valence-electron chi connectivity index (χ1n) is 9.81. The molecular formula is C22H21FN2O6S. The number of aliphatic hydroxyl groups excluding tert-OH is 4. The summed E-state index contributed by atoms with van der Waals surface area (Å²) in [6.45, 7) is -0.604.